The van der Waals surface area contributed by atoms with Gasteiger partial charge in [-0.3, -0.25) is 0 Å². The summed E-state index contributed by atoms with van der Waals surface area (Å²) in [7, 11) is 0. The molecule has 4 heteroatoms. The molecule has 0 radical (unpaired) electrons. The van der Waals surface area contributed by atoms with Gasteiger partial charge < -0.3 is 10.1 Å². The van der Waals surface area contributed by atoms with Crippen LogP contribution in [0.4, 0.5) is 4.79 Å². The number of thiophene rings is 1. The number of alkyl carbamates (subject to hydrolysis) is 1. The van der Waals surface area contributed by atoms with E-state index >= 15 is 0 Å². The van der Waals surface area contributed by atoms with Gasteiger partial charge in [0.1, 0.15) is 6.61 Å². The first-order valence-corrected chi connectivity index (χ1v) is 8.78. The van der Waals surface area contributed by atoms with Crippen LogP contribution in [0.25, 0.3) is 16.2 Å². The molecule has 3 nitrogen and oxygen atoms in total. The number of nitrogens with one attached hydrogen (secondary N) is 1. The molecular formula is C20H19NO2S. The third kappa shape index (κ3) is 4.46. The van der Waals surface area contributed by atoms with Gasteiger partial charge in [-0.2, -0.15) is 0 Å². The second-order valence-corrected chi connectivity index (χ2v) is 6.28. The lowest BCUT2D eigenvalue weighted by atomic mass is 10.1. The Balaban J connectivity index is 1.39. The summed E-state index contributed by atoms with van der Waals surface area (Å²) in [5, 5.41) is 6.19. The lowest BCUT2D eigenvalue weighted by molar-refractivity contribution is 0.140. The zero-order valence-corrected chi connectivity index (χ0v) is 14.1. The van der Waals surface area contributed by atoms with E-state index in [-0.39, 0.29) is 6.09 Å². The van der Waals surface area contributed by atoms with Crippen molar-refractivity contribution in [2.24, 2.45) is 0 Å². The Labute approximate surface area is 145 Å². The van der Waals surface area contributed by atoms with E-state index in [0.29, 0.717) is 13.2 Å². The van der Waals surface area contributed by atoms with Crippen LogP contribution in [0.5, 0.6) is 0 Å². The SMILES string of the molecule is O=C(NCCC=Cc1csc2ccccc12)OCc1ccccc1. The number of carbonyl (C=O) groups is 1. The number of carbonyl (C=O) groups excluding carboxylic acids is 1. The van der Waals surface area contributed by atoms with E-state index in [1.807, 2.05) is 30.3 Å². The summed E-state index contributed by atoms with van der Waals surface area (Å²) in [6.07, 6.45) is 4.57. The highest BCUT2D eigenvalue weighted by Crippen LogP contribution is 2.26. The van der Waals surface area contributed by atoms with Gasteiger partial charge in [0.15, 0.2) is 0 Å². The zero-order chi connectivity index (χ0) is 16.6. The average molecular weight is 337 g/mol. The number of amides is 1. The predicted octanol–water partition coefficient (Wildman–Crippen LogP) is 5.23. The highest BCUT2D eigenvalue weighted by Gasteiger charge is 2.01. The molecule has 0 aliphatic rings. The molecule has 1 aromatic heterocycles. The van der Waals surface area contributed by atoms with Crippen molar-refractivity contribution in [3.8, 4) is 0 Å². The van der Waals surface area contributed by atoms with Crippen molar-refractivity contribution < 1.29 is 9.53 Å². The maximum Gasteiger partial charge on any atom is 0.407 e. The molecular weight excluding hydrogens is 318 g/mol. The van der Waals surface area contributed by atoms with Crippen LogP contribution in [0, 0.1) is 0 Å². The van der Waals surface area contributed by atoms with Crippen molar-refractivity contribution in [1.29, 1.82) is 0 Å². The average Bonchev–Trinajstić information content (AvgIpc) is 3.04. The molecule has 0 aliphatic carbocycles. The Hall–Kier alpha value is -2.59. The molecule has 0 aliphatic heterocycles. The third-order valence-electron chi connectivity index (χ3n) is 3.60. The van der Waals surface area contributed by atoms with E-state index < -0.39 is 0 Å². The monoisotopic (exact) mass is 337 g/mol. The van der Waals surface area contributed by atoms with Gasteiger partial charge in [0.2, 0.25) is 0 Å². The third-order valence-corrected chi connectivity index (χ3v) is 4.58. The normalized spacial score (nSPS) is 11.0. The van der Waals surface area contributed by atoms with Gasteiger partial charge in [0.05, 0.1) is 0 Å². The lowest BCUT2D eigenvalue weighted by Crippen LogP contribution is -2.24. The molecule has 0 saturated carbocycles. The highest BCUT2D eigenvalue weighted by atomic mass is 32.1. The smallest absolute Gasteiger partial charge is 0.407 e. The van der Waals surface area contributed by atoms with Crippen molar-refractivity contribution in [2.75, 3.05) is 6.54 Å². The molecule has 3 rings (SSSR count). The fraction of sp³-hybridized carbons (Fsp3) is 0.150. The Morgan fingerprint density at radius 2 is 1.88 bits per heavy atom. The summed E-state index contributed by atoms with van der Waals surface area (Å²) in [5.74, 6) is 0. The molecule has 0 atom stereocenters. The van der Waals surface area contributed by atoms with Gasteiger partial charge in [-0.15, -0.1) is 11.3 Å². The molecule has 0 fully saturated rings. The number of hydrogen-bond donors (Lipinski definition) is 1. The number of ether oxygens (including phenoxy) is 1. The quantitative estimate of drug-likeness (QED) is 0.625. The Kier molecular flexibility index (Phi) is 5.64. The summed E-state index contributed by atoms with van der Waals surface area (Å²) in [4.78, 5) is 11.6. The van der Waals surface area contributed by atoms with Crippen molar-refractivity contribution in [1.82, 2.24) is 5.32 Å². The number of fused-ring (bicyclic) bond motifs is 1. The van der Waals surface area contributed by atoms with Gasteiger partial charge in [0.25, 0.3) is 0 Å². The topological polar surface area (TPSA) is 38.3 Å². The van der Waals surface area contributed by atoms with Crippen LogP contribution in [-0.4, -0.2) is 12.6 Å². The standard InChI is InChI=1S/C20H19NO2S/c22-20(23-14-16-8-2-1-3-9-16)21-13-7-6-10-17-15-24-19-12-5-4-11-18(17)19/h1-6,8-12,15H,7,13-14H2,(H,21,22). The van der Waals surface area contributed by atoms with Gasteiger partial charge in [-0.05, 0) is 34.4 Å². The van der Waals surface area contributed by atoms with Gasteiger partial charge in [-0.1, -0.05) is 60.7 Å². The van der Waals surface area contributed by atoms with E-state index in [0.717, 1.165) is 12.0 Å². The second-order valence-electron chi connectivity index (χ2n) is 5.37. The van der Waals surface area contributed by atoms with Gasteiger partial charge in [0, 0.05) is 11.2 Å². The minimum atomic E-state index is -0.381. The van der Waals surface area contributed by atoms with Crippen LogP contribution in [0.1, 0.15) is 17.5 Å². The summed E-state index contributed by atoms with van der Waals surface area (Å²) < 4.78 is 6.46. The molecule has 3 aromatic rings. The second kappa shape index (κ2) is 8.31. The zero-order valence-electron chi connectivity index (χ0n) is 13.3. The Morgan fingerprint density at radius 3 is 2.75 bits per heavy atom. The molecule has 0 saturated heterocycles. The van der Waals surface area contributed by atoms with Crippen molar-refractivity contribution in [2.45, 2.75) is 13.0 Å². The molecule has 2 aromatic carbocycles. The van der Waals surface area contributed by atoms with Crippen LogP contribution in [0.3, 0.4) is 0 Å². The fourth-order valence-electron chi connectivity index (χ4n) is 2.37. The summed E-state index contributed by atoms with van der Waals surface area (Å²) >= 11 is 1.75. The number of rotatable bonds is 6. The number of hydrogen-bond acceptors (Lipinski definition) is 3. The van der Waals surface area contributed by atoms with Gasteiger partial charge >= 0.3 is 6.09 Å². The Morgan fingerprint density at radius 1 is 1.08 bits per heavy atom. The highest BCUT2D eigenvalue weighted by molar-refractivity contribution is 7.17. The molecule has 1 N–H and O–H groups in total. The Bertz CT molecular complexity index is 824. The minimum Gasteiger partial charge on any atom is -0.445 e. The van der Waals surface area contributed by atoms with Crippen molar-refractivity contribution >= 4 is 33.6 Å². The van der Waals surface area contributed by atoms with E-state index in [9.17, 15) is 4.79 Å². The van der Waals surface area contributed by atoms with Crippen molar-refractivity contribution in [3.63, 3.8) is 0 Å². The molecule has 122 valence electrons. The summed E-state index contributed by atoms with van der Waals surface area (Å²) in [6.45, 7) is 0.857. The minimum absolute atomic E-state index is 0.295. The predicted molar refractivity (Wildman–Crippen MR) is 100 cm³/mol. The van der Waals surface area contributed by atoms with E-state index in [2.05, 4.69) is 47.1 Å². The summed E-state index contributed by atoms with van der Waals surface area (Å²) in [6, 6.07) is 18.0. The first-order valence-electron chi connectivity index (χ1n) is 7.90. The molecule has 0 spiro atoms. The van der Waals surface area contributed by atoms with Crippen LogP contribution in [-0.2, 0) is 11.3 Å². The molecule has 24 heavy (non-hydrogen) atoms. The lowest BCUT2D eigenvalue weighted by Gasteiger charge is -2.05. The largest absolute Gasteiger partial charge is 0.445 e. The van der Waals surface area contributed by atoms with Crippen LogP contribution < -0.4 is 5.32 Å². The fourth-order valence-corrected chi connectivity index (χ4v) is 3.30. The van der Waals surface area contributed by atoms with E-state index in [1.54, 1.807) is 11.3 Å². The first-order chi connectivity index (χ1) is 11.8. The van der Waals surface area contributed by atoms with E-state index in [1.165, 1.54) is 15.6 Å². The summed E-state index contributed by atoms with van der Waals surface area (Å²) in [5.41, 5.74) is 2.21. The molecule has 1 heterocycles. The van der Waals surface area contributed by atoms with Gasteiger partial charge in [-0.25, -0.2) is 4.79 Å². The van der Waals surface area contributed by atoms with Crippen LogP contribution >= 0.6 is 11.3 Å². The molecule has 0 unspecified atom stereocenters. The number of benzene rings is 2. The maximum absolute atomic E-state index is 11.6. The first kappa shape index (κ1) is 16.3. The van der Waals surface area contributed by atoms with E-state index in [4.69, 9.17) is 4.74 Å². The molecule has 1 amide bonds. The van der Waals surface area contributed by atoms with Crippen LogP contribution in [0.2, 0.25) is 0 Å². The molecule has 0 bridgehead atoms. The van der Waals surface area contributed by atoms with Crippen LogP contribution in [0.15, 0.2) is 66.1 Å². The maximum atomic E-state index is 11.6. The van der Waals surface area contributed by atoms with Crippen molar-refractivity contribution in [3.05, 3.63) is 77.2 Å².